The molecule has 0 aromatic heterocycles. The Morgan fingerprint density at radius 2 is 2.14 bits per heavy atom. The molecule has 0 atom stereocenters. The van der Waals surface area contributed by atoms with Crippen molar-refractivity contribution in [2.45, 2.75) is 32.6 Å². The highest BCUT2D eigenvalue weighted by Crippen LogP contribution is 2.24. The van der Waals surface area contributed by atoms with Crippen molar-refractivity contribution in [2.75, 3.05) is 0 Å². The first-order valence-corrected chi connectivity index (χ1v) is 4.90. The van der Waals surface area contributed by atoms with Crippen molar-refractivity contribution in [2.24, 2.45) is 0 Å². The minimum Gasteiger partial charge on any atom is -0.508 e. The fraction of sp³-hybridized carbons (Fsp3) is 0.417. The Morgan fingerprint density at radius 3 is 2.64 bits per heavy atom. The summed E-state index contributed by atoms with van der Waals surface area (Å²) in [6.45, 7) is 4.17. The van der Waals surface area contributed by atoms with Gasteiger partial charge in [0.25, 0.3) is 0 Å². The quantitative estimate of drug-likeness (QED) is 0.744. The van der Waals surface area contributed by atoms with Crippen LogP contribution in [0.1, 0.15) is 37.3 Å². The Balaban J connectivity index is 2.84. The van der Waals surface area contributed by atoms with Gasteiger partial charge in [0.2, 0.25) is 0 Å². The van der Waals surface area contributed by atoms with Crippen molar-refractivity contribution in [3.8, 4) is 5.75 Å². The van der Waals surface area contributed by atoms with Crippen LogP contribution in [-0.2, 0) is 11.2 Å². The lowest BCUT2D eigenvalue weighted by Gasteiger charge is -2.08. The van der Waals surface area contributed by atoms with Gasteiger partial charge in [-0.1, -0.05) is 26.0 Å². The predicted molar refractivity (Wildman–Crippen MR) is 56.6 cm³/mol. The van der Waals surface area contributed by atoms with E-state index in [0.717, 1.165) is 17.4 Å². The highest BCUT2D eigenvalue weighted by molar-refractivity contribution is 5.51. The molecule has 0 saturated heterocycles. The van der Waals surface area contributed by atoms with Gasteiger partial charge >= 0.3 is 0 Å². The molecule has 0 saturated carbocycles. The fourth-order valence-corrected chi connectivity index (χ4v) is 1.37. The second-order valence-corrected chi connectivity index (χ2v) is 3.75. The van der Waals surface area contributed by atoms with E-state index in [1.807, 2.05) is 12.1 Å². The highest BCUT2D eigenvalue weighted by atomic mass is 16.3. The zero-order valence-electron chi connectivity index (χ0n) is 8.66. The van der Waals surface area contributed by atoms with Crippen LogP contribution in [0.3, 0.4) is 0 Å². The lowest BCUT2D eigenvalue weighted by molar-refractivity contribution is -0.107. The van der Waals surface area contributed by atoms with E-state index in [1.165, 1.54) is 0 Å². The van der Waals surface area contributed by atoms with E-state index in [-0.39, 0.29) is 0 Å². The first kappa shape index (κ1) is 10.8. The van der Waals surface area contributed by atoms with E-state index >= 15 is 0 Å². The number of aldehydes is 1. The smallest absolute Gasteiger partial charge is 0.120 e. The summed E-state index contributed by atoms with van der Waals surface area (Å²) in [6.07, 6.45) is 1.96. The minimum absolute atomic E-state index is 0.304. The first-order valence-electron chi connectivity index (χ1n) is 4.90. The summed E-state index contributed by atoms with van der Waals surface area (Å²) in [4.78, 5) is 10.2. The standard InChI is InChI=1S/C12H16O2/c1-9(2)11-6-5-10(4-3-7-13)12(14)8-11/h5-9,14H,3-4H2,1-2H3. The molecule has 0 aliphatic carbocycles. The fourth-order valence-electron chi connectivity index (χ4n) is 1.37. The maximum absolute atomic E-state index is 10.2. The Hall–Kier alpha value is -1.31. The summed E-state index contributed by atoms with van der Waals surface area (Å²) in [6, 6.07) is 5.68. The number of hydrogen-bond acceptors (Lipinski definition) is 2. The lowest BCUT2D eigenvalue weighted by Crippen LogP contribution is -1.91. The lowest BCUT2D eigenvalue weighted by atomic mass is 9.99. The van der Waals surface area contributed by atoms with Gasteiger partial charge in [0.15, 0.2) is 0 Å². The molecule has 14 heavy (non-hydrogen) atoms. The largest absolute Gasteiger partial charge is 0.508 e. The van der Waals surface area contributed by atoms with E-state index in [0.29, 0.717) is 24.5 Å². The number of rotatable bonds is 4. The summed E-state index contributed by atoms with van der Waals surface area (Å²) in [5.41, 5.74) is 1.97. The third-order valence-electron chi connectivity index (χ3n) is 2.31. The van der Waals surface area contributed by atoms with Crippen LogP contribution in [0.25, 0.3) is 0 Å². The molecule has 1 aromatic rings. The summed E-state index contributed by atoms with van der Waals surface area (Å²) in [7, 11) is 0. The van der Waals surface area contributed by atoms with Gasteiger partial charge in [-0.2, -0.15) is 0 Å². The highest BCUT2D eigenvalue weighted by Gasteiger charge is 2.04. The molecule has 76 valence electrons. The summed E-state index contributed by atoms with van der Waals surface area (Å²) < 4.78 is 0. The summed E-state index contributed by atoms with van der Waals surface area (Å²) in [5, 5.41) is 9.65. The Bertz CT molecular complexity index is 316. The molecule has 1 aromatic carbocycles. The van der Waals surface area contributed by atoms with Gasteiger partial charge in [-0.3, -0.25) is 0 Å². The molecule has 0 fully saturated rings. The molecule has 1 N–H and O–H groups in total. The van der Waals surface area contributed by atoms with Gasteiger partial charge in [0, 0.05) is 6.42 Å². The number of carbonyl (C=O) groups excluding carboxylic acids is 1. The van der Waals surface area contributed by atoms with Crippen molar-refractivity contribution in [1.29, 1.82) is 0 Å². The normalized spacial score (nSPS) is 10.5. The Labute approximate surface area is 84.6 Å². The van der Waals surface area contributed by atoms with Crippen LogP contribution in [0.4, 0.5) is 0 Å². The maximum atomic E-state index is 10.2. The molecular weight excluding hydrogens is 176 g/mol. The van der Waals surface area contributed by atoms with E-state index in [9.17, 15) is 9.90 Å². The minimum atomic E-state index is 0.304. The number of aromatic hydroxyl groups is 1. The average Bonchev–Trinajstić information content (AvgIpc) is 2.15. The molecule has 0 aliphatic heterocycles. The van der Waals surface area contributed by atoms with Crippen molar-refractivity contribution < 1.29 is 9.90 Å². The van der Waals surface area contributed by atoms with E-state index in [2.05, 4.69) is 13.8 Å². The van der Waals surface area contributed by atoms with Crippen LogP contribution in [0, 0.1) is 0 Å². The SMILES string of the molecule is CC(C)c1ccc(CCC=O)c(O)c1. The summed E-state index contributed by atoms with van der Waals surface area (Å²) >= 11 is 0. The first-order chi connectivity index (χ1) is 6.65. The number of benzene rings is 1. The molecule has 2 heteroatoms. The topological polar surface area (TPSA) is 37.3 Å². The zero-order valence-corrected chi connectivity index (χ0v) is 8.66. The van der Waals surface area contributed by atoms with Crippen molar-refractivity contribution in [3.63, 3.8) is 0 Å². The van der Waals surface area contributed by atoms with Crippen molar-refractivity contribution in [3.05, 3.63) is 29.3 Å². The maximum Gasteiger partial charge on any atom is 0.120 e. The van der Waals surface area contributed by atoms with Gasteiger partial charge in [0.1, 0.15) is 12.0 Å². The van der Waals surface area contributed by atoms with Gasteiger partial charge in [-0.25, -0.2) is 0 Å². The van der Waals surface area contributed by atoms with Crippen LogP contribution in [0.5, 0.6) is 5.75 Å². The predicted octanol–water partition coefficient (Wildman–Crippen LogP) is 2.65. The van der Waals surface area contributed by atoms with Crippen molar-refractivity contribution >= 4 is 6.29 Å². The average molecular weight is 192 g/mol. The number of phenolic OH excluding ortho intramolecular Hbond substituents is 1. The van der Waals surface area contributed by atoms with Gasteiger partial charge in [-0.05, 0) is 29.5 Å². The van der Waals surface area contributed by atoms with Gasteiger partial charge in [-0.15, -0.1) is 0 Å². The van der Waals surface area contributed by atoms with E-state index in [1.54, 1.807) is 6.07 Å². The van der Waals surface area contributed by atoms with Crippen LogP contribution < -0.4 is 0 Å². The molecule has 0 unspecified atom stereocenters. The molecule has 0 amide bonds. The van der Waals surface area contributed by atoms with E-state index < -0.39 is 0 Å². The Kier molecular flexibility index (Phi) is 3.69. The van der Waals surface area contributed by atoms with E-state index in [4.69, 9.17) is 0 Å². The van der Waals surface area contributed by atoms with Crippen LogP contribution >= 0.6 is 0 Å². The summed E-state index contributed by atoms with van der Waals surface area (Å²) in [5.74, 6) is 0.721. The van der Waals surface area contributed by atoms with Crippen LogP contribution in [-0.4, -0.2) is 11.4 Å². The molecule has 1 rings (SSSR count). The molecular formula is C12H16O2. The molecule has 0 heterocycles. The van der Waals surface area contributed by atoms with Gasteiger partial charge < -0.3 is 9.90 Å². The molecule has 2 nitrogen and oxygen atoms in total. The molecule has 0 bridgehead atoms. The zero-order chi connectivity index (χ0) is 10.6. The second-order valence-electron chi connectivity index (χ2n) is 3.75. The second kappa shape index (κ2) is 4.80. The molecule has 0 spiro atoms. The number of aryl methyl sites for hydroxylation is 1. The monoisotopic (exact) mass is 192 g/mol. The third kappa shape index (κ3) is 2.59. The molecule has 0 aliphatic rings. The Morgan fingerprint density at radius 1 is 1.43 bits per heavy atom. The number of hydrogen-bond donors (Lipinski definition) is 1. The van der Waals surface area contributed by atoms with Crippen LogP contribution in [0.15, 0.2) is 18.2 Å². The number of carbonyl (C=O) groups is 1. The van der Waals surface area contributed by atoms with Crippen LogP contribution in [0.2, 0.25) is 0 Å². The van der Waals surface area contributed by atoms with Crippen molar-refractivity contribution in [1.82, 2.24) is 0 Å². The number of phenols is 1. The third-order valence-corrected chi connectivity index (χ3v) is 2.31. The van der Waals surface area contributed by atoms with Gasteiger partial charge in [0.05, 0.1) is 0 Å². The molecule has 0 radical (unpaired) electrons.